The van der Waals surface area contributed by atoms with Gasteiger partial charge in [-0.3, -0.25) is 4.79 Å². The first-order valence-electron chi connectivity index (χ1n) is 7.72. The summed E-state index contributed by atoms with van der Waals surface area (Å²) in [5.41, 5.74) is 3.35. The number of anilines is 1. The minimum Gasteiger partial charge on any atom is -0.322 e. The number of aryl methyl sites for hydroxylation is 1. The van der Waals surface area contributed by atoms with Crippen LogP contribution in [0, 0.1) is 19.3 Å². The first kappa shape index (κ1) is 15.8. The molecule has 0 atom stereocenters. The Labute approximate surface area is 140 Å². The Morgan fingerprint density at radius 1 is 1.33 bits per heavy atom. The third-order valence-electron chi connectivity index (χ3n) is 3.78. The Morgan fingerprint density at radius 2 is 2.12 bits per heavy atom. The summed E-state index contributed by atoms with van der Waals surface area (Å²) in [6.07, 6.45) is 7.13. The highest BCUT2D eigenvalue weighted by Gasteiger charge is 2.15. The van der Waals surface area contributed by atoms with Crippen molar-refractivity contribution in [2.75, 3.05) is 5.32 Å². The Bertz CT molecular complexity index is 963. The van der Waals surface area contributed by atoms with Crippen molar-refractivity contribution in [1.82, 2.24) is 14.8 Å². The van der Waals surface area contributed by atoms with Crippen molar-refractivity contribution in [3.8, 4) is 12.3 Å². The average molecular weight is 318 g/mol. The zero-order valence-electron chi connectivity index (χ0n) is 13.9. The predicted molar refractivity (Wildman–Crippen MR) is 95.0 cm³/mol. The monoisotopic (exact) mass is 318 g/mol. The second kappa shape index (κ2) is 6.17. The van der Waals surface area contributed by atoms with Crippen LogP contribution in [0.5, 0.6) is 0 Å². The van der Waals surface area contributed by atoms with Gasteiger partial charge in [-0.1, -0.05) is 12.0 Å². The lowest BCUT2D eigenvalue weighted by atomic mass is 10.1. The average Bonchev–Trinajstić information content (AvgIpc) is 2.97. The fraction of sp³-hybridized carbons (Fsp3) is 0.211. The van der Waals surface area contributed by atoms with Gasteiger partial charge in [0.05, 0.1) is 17.5 Å². The molecule has 0 fully saturated rings. The van der Waals surface area contributed by atoms with Crippen LogP contribution in [0.25, 0.3) is 11.0 Å². The summed E-state index contributed by atoms with van der Waals surface area (Å²) in [4.78, 5) is 17.1. The number of amides is 1. The largest absolute Gasteiger partial charge is 0.322 e. The number of hydrogen-bond acceptors (Lipinski definition) is 3. The zero-order valence-corrected chi connectivity index (χ0v) is 13.9. The zero-order chi connectivity index (χ0) is 17.3. The van der Waals surface area contributed by atoms with Crippen molar-refractivity contribution in [3.63, 3.8) is 0 Å². The summed E-state index contributed by atoms with van der Waals surface area (Å²) < 4.78 is 1.85. The molecule has 5 heteroatoms. The molecule has 2 aromatic heterocycles. The van der Waals surface area contributed by atoms with E-state index in [1.807, 2.05) is 43.7 Å². The highest BCUT2D eigenvalue weighted by Crippen LogP contribution is 2.20. The molecule has 3 rings (SSSR count). The number of fused-ring (bicyclic) bond motifs is 1. The minimum atomic E-state index is -0.214. The van der Waals surface area contributed by atoms with Crippen molar-refractivity contribution in [2.24, 2.45) is 0 Å². The standard InChI is InChI=1S/C19H18N4O/c1-5-14-7-6-8-16(9-14)22-19(24)17-10-15-11-20-23(12(2)3)18(15)21-13(17)4/h1,6-12H,2-4H3,(H,22,24). The molecule has 0 radical (unpaired) electrons. The van der Waals surface area contributed by atoms with Gasteiger partial charge in [0.15, 0.2) is 5.65 Å². The molecule has 0 saturated heterocycles. The van der Waals surface area contributed by atoms with Crippen molar-refractivity contribution < 1.29 is 4.79 Å². The maximum Gasteiger partial charge on any atom is 0.257 e. The van der Waals surface area contributed by atoms with Crippen LogP contribution in [-0.2, 0) is 0 Å². The molecule has 1 N–H and O–H groups in total. The van der Waals surface area contributed by atoms with Crippen molar-refractivity contribution in [2.45, 2.75) is 26.8 Å². The van der Waals surface area contributed by atoms with Gasteiger partial charge in [-0.05, 0) is 45.0 Å². The topological polar surface area (TPSA) is 59.8 Å². The van der Waals surface area contributed by atoms with E-state index in [0.29, 0.717) is 16.9 Å². The van der Waals surface area contributed by atoms with Gasteiger partial charge >= 0.3 is 0 Å². The molecule has 0 spiro atoms. The summed E-state index contributed by atoms with van der Waals surface area (Å²) in [6.45, 7) is 5.91. The normalized spacial score (nSPS) is 10.8. The number of terminal acetylenes is 1. The Morgan fingerprint density at radius 3 is 2.83 bits per heavy atom. The molecule has 0 unspecified atom stereocenters. The summed E-state index contributed by atoms with van der Waals surface area (Å²) in [7, 11) is 0. The number of hydrogen-bond donors (Lipinski definition) is 1. The first-order valence-corrected chi connectivity index (χ1v) is 7.72. The molecule has 3 aromatic rings. The van der Waals surface area contributed by atoms with E-state index in [-0.39, 0.29) is 11.9 Å². The van der Waals surface area contributed by atoms with Gasteiger partial charge in [-0.2, -0.15) is 5.10 Å². The number of nitrogens with zero attached hydrogens (tertiary/aromatic N) is 3. The van der Waals surface area contributed by atoms with Crippen LogP contribution in [-0.4, -0.2) is 20.7 Å². The van der Waals surface area contributed by atoms with Gasteiger partial charge in [0.1, 0.15) is 0 Å². The molecular formula is C19H18N4O. The Kier molecular flexibility index (Phi) is 4.05. The smallest absolute Gasteiger partial charge is 0.257 e. The maximum absolute atomic E-state index is 12.6. The summed E-state index contributed by atoms with van der Waals surface area (Å²) in [5, 5.41) is 8.05. The molecule has 0 saturated carbocycles. The number of nitrogens with one attached hydrogen (secondary N) is 1. The lowest BCUT2D eigenvalue weighted by Crippen LogP contribution is -2.14. The van der Waals surface area contributed by atoms with Crippen molar-refractivity contribution in [3.05, 3.63) is 53.3 Å². The molecule has 120 valence electrons. The molecule has 0 aliphatic carbocycles. The number of benzene rings is 1. The predicted octanol–water partition coefficient (Wildman–Crippen LogP) is 3.55. The molecule has 0 aliphatic rings. The van der Waals surface area contributed by atoms with Gasteiger partial charge in [-0.25, -0.2) is 9.67 Å². The fourth-order valence-electron chi connectivity index (χ4n) is 2.56. The number of carbonyl (C=O) groups excluding carboxylic acids is 1. The van der Waals surface area contributed by atoms with E-state index in [0.717, 1.165) is 16.6 Å². The molecule has 5 nitrogen and oxygen atoms in total. The highest BCUT2D eigenvalue weighted by atomic mass is 16.1. The third-order valence-corrected chi connectivity index (χ3v) is 3.78. The summed E-state index contributed by atoms with van der Waals surface area (Å²) >= 11 is 0. The molecule has 0 aliphatic heterocycles. The van der Waals surface area contributed by atoms with Crippen LogP contribution < -0.4 is 5.32 Å². The molecule has 0 bridgehead atoms. The number of pyridine rings is 1. The van der Waals surface area contributed by atoms with E-state index in [2.05, 4.69) is 21.3 Å². The lowest BCUT2D eigenvalue weighted by molar-refractivity contribution is 0.102. The van der Waals surface area contributed by atoms with Crippen LogP contribution in [0.1, 0.15) is 41.5 Å². The van der Waals surface area contributed by atoms with Crippen LogP contribution in [0.3, 0.4) is 0 Å². The Balaban J connectivity index is 1.95. The molecule has 1 aromatic carbocycles. The molecule has 1 amide bonds. The maximum atomic E-state index is 12.6. The van der Waals surface area contributed by atoms with Crippen LogP contribution in [0.15, 0.2) is 36.5 Å². The fourth-order valence-corrected chi connectivity index (χ4v) is 2.56. The van der Waals surface area contributed by atoms with Crippen molar-refractivity contribution in [1.29, 1.82) is 0 Å². The van der Waals surface area contributed by atoms with Crippen LogP contribution in [0.4, 0.5) is 5.69 Å². The molecule has 2 heterocycles. The molecule has 24 heavy (non-hydrogen) atoms. The van der Waals surface area contributed by atoms with Crippen LogP contribution in [0.2, 0.25) is 0 Å². The van der Waals surface area contributed by atoms with Gasteiger partial charge < -0.3 is 5.32 Å². The molecular weight excluding hydrogens is 300 g/mol. The highest BCUT2D eigenvalue weighted by molar-refractivity contribution is 6.06. The van der Waals surface area contributed by atoms with E-state index >= 15 is 0 Å². The number of aromatic nitrogens is 3. The van der Waals surface area contributed by atoms with E-state index in [1.54, 1.807) is 18.3 Å². The first-order chi connectivity index (χ1) is 11.5. The summed E-state index contributed by atoms with van der Waals surface area (Å²) in [6, 6.07) is 9.22. The van der Waals surface area contributed by atoms with E-state index < -0.39 is 0 Å². The quantitative estimate of drug-likeness (QED) is 0.751. The minimum absolute atomic E-state index is 0.209. The van der Waals surface area contributed by atoms with Crippen LogP contribution >= 0.6 is 0 Å². The summed E-state index contributed by atoms with van der Waals surface area (Å²) in [5.74, 6) is 2.34. The van der Waals surface area contributed by atoms with Gasteiger partial charge in [-0.15, -0.1) is 6.42 Å². The second-order valence-electron chi connectivity index (χ2n) is 5.90. The van der Waals surface area contributed by atoms with Gasteiger partial charge in [0.25, 0.3) is 5.91 Å². The van der Waals surface area contributed by atoms with E-state index in [9.17, 15) is 4.79 Å². The lowest BCUT2D eigenvalue weighted by Gasteiger charge is -2.10. The van der Waals surface area contributed by atoms with Gasteiger partial charge in [0, 0.05) is 22.7 Å². The Hall–Kier alpha value is -3.13. The van der Waals surface area contributed by atoms with E-state index in [4.69, 9.17) is 6.42 Å². The second-order valence-corrected chi connectivity index (χ2v) is 5.90. The number of rotatable bonds is 3. The van der Waals surface area contributed by atoms with E-state index in [1.165, 1.54) is 0 Å². The van der Waals surface area contributed by atoms with Crippen molar-refractivity contribution >= 4 is 22.6 Å². The third kappa shape index (κ3) is 2.86. The van der Waals surface area contributed by atoms with Gasteiger partial charge in [0.2, 0.25) is 0 Å². The number of carbonyl (C=O) groups is 1. The SMILES string of the molecule is C#Cc1cccc(NC(=O)c2cc3cnn(C(C)C)c3nc2C)c1.